The number of carbonyl (C=O) groups is 1. The van der Waals surface area contributed by atoms with Crippen LogP contribution in [0.2, 0.25) is 0 Å². The summed E-state index contributed by atoms with van der Waals surface area (Å²) in [7, 11) is 0. The fourth-order valence-electron chi connectivity index (χ4n) is 2.51. The van der Waals surface area contributed by atoms with E-state index in [4.69, 9.17) is 10.5 Å². The van der Waals surface area contributed by atoms with E-state index in [0.29, 0.717) is 19.6 Å². The van der Waals surface area contributed by atoms with Gasteiger partial charge in [0.2, 0.25) is 5.91 Å². The van der Waals surface area contributed by atoms with Crippen LogP contribution in [0.3, 0.4) is 0 Å². The topological polar surface area (TPSA) is 64.4 Å². The maximum Gasteiger partial charge on any atom is 0.221 e. The molecule has 0 spiro atoms. The van der Waals surface area contributed by atoms with Gasteiger partial charge in [-0.15, -0.1) is 0 Å². The maximum atomic E-state index is 11.8. The van der Waals surface area contributed by atoms with Gasteiger partial charge in [-0.1, -0.05) is 31.0 Å². The fourth-order valence-corrected chi connectivity index (χ4v) is 2.51. The van der Waals surface area contributed by atoms with E-state index in [0.717, 1.165) is 31.4 Å². The molecule has 0 atom stereocenters. The molecule has 1 aliphatic rings. The number of benzene rings is 1. The monoisotopic (exact) mass is 262 g/mol. The average molecular weight is 262 g/mol. The van der Waals surface area contributed by atoms with Crippen molar-refractivity contribution in [2.75, 3.05) is 13.2 Å². The second-order valence-electron chi connectivity index (χ2n) is 5.26. The molecule has 0 aromatic heterocycles. The number of amides is 1. The van der Waals surface area contributed by atoms with Crippen molar-refractivity contribution in [3.05, 3.63) is 30.3 Å². The largest absolute Gasteiger partial charge is 0.492 e. The molecule has 0 bridgehead atoms. The van der Waals surface area contributed by atoms with Crippen molar-refractivity contribution >= 4 is 5.91 Å². The second kappa shape index (κ2) is 6.57. The first kappa shape index (κ1) is 13.9. The number of ether oxygens (including phenoxy) is 1. The van der Waals surface area contributed by atoms with Crippen molar-refractivity contribution in [3.63, 3.8) is 0 Å². The van der Waals surface area contributed by atoms with E-state index in [1.165, 1.54) is 0 Å². The molecule has 19 heavy (non-hydrogen) atoms. The van der Waals surface area contributed by atoms with E-state index in [2.05, 4.69) is 5.32 Å². The van der Waals surface area contributed by atoms with Gasteiger partial charge in [0, 0.05) is 12.0 Å². The Morgan fingerprint density at radius 2 is 1.95 bits per heavy atom. The maximum absolute atomic E-state index is 11.8. The lowest BCUT2D eigenvalue weighted by atomic mass is 9.94. The quantitative estimate of drug-likeness (QED) is 0.769. The normalized spacial score (nSPS) is 17.1. The Kier molecular flexibility index (Phi) is 4.80. The first-order valence-electron chi connectivity index (χ1n) is 6.91. The molecule has 1 amide bonds. The Morgan fingerprint density at radius 1 is 1.26 bits per heavy atom. The minimum Gasteiger partial charge on any atom is -0.492 e. The van der Waals surface area contributed by atoms with E-state index in [9.17, 15) is 4.79 Å². The Morgan fingerprint density at radius 3 is 2.63 bits per heavy atom. The van der Waals surface area contributed by atoms with Crippen LogP contribution in [-0.4, -0.2) is 24.6 Å². The summed E-state index contributed by atoms with van der Waals surface area (Å²) < 4.78 is 5.51. The van der Waals surface area contributed by atoms with Gasteiger partial charge < -0.3 is 15.8 Å². The fraction of sp³-hybridized carbons (Fsp3) is 0.533. The number of hydrogen-bond donors (Lipinski definition) is 2. The van der Waals surface area contributed by atoms with E-state index >= 15 is 0 Å². The SMILES string of the molecule is NC1(CC(=O)NCCOc2ccccc2)CCCC1. The summed E-state index contributed by atoms with van der Waals surface area (Å²) in [5.74, 6) is 0.851. The van der Waals surface area contributed by atoms with Crippen LogP contribution in [0, 0.1) is 0 Å². The van der Waals surface area contributed by atoms with Gasteiger partial charge in [0.1, 0.15) is 12.4 Å². The highest BCUT2D eigenvalue weighted by molar-refractivity contribution is 5.77. The second-order valence-corrected chi connectivity index (χ2v) is 5.26. The molecular weight excluding hydrogens is 240 g/mol. The van der Waals surface area contributed by atoms with Crippen LogP contribution in [0.1, 0.15) is 32.1 Å². The highest BCUT2D eigenvalue weighted by Crippen LogP contribution is 2.29. The van der Waals surface area contributed by atoms with Crippen LogP contribution in [0.5, 0.6) is 5.75 Å². The summed E-state index contributed by atoms with van der Waals surface area (Å²) in [6.45, 7) is 0.997. The van der Waals surface area contributed by atoms with Gasteiger partial charge in [-0.05, 0) is 25.0 Å². The number of nitrogens with two attached hydrogens (primary N) is 1. The van der Waals surface area contributed by atoms with Crippen LogP contribution < -0.4 is 15.8 Å². The third kappa shape index (κ3) is 4.56. The minimum absolute atomic E-state index is 0.0288. The summed E-state index contributed by atoms with van der Waals surface area (Å²) in [5, 5.41) is 2.86. The minimum atomic E-state index is -0.273. The van der Waals surface area contributed by atoms with Crippen molar-refractivity contribution < 1.29 is 9.53 Å². The molecule has 0 radical (unpaired) electrons. The molecule has 1 fully saturated rings. The third-order valence-corrected chi connectivity index (χ3v) is 3.55. The molecule has 0 unspecified atom stereocenters. The van der Waals surface area contributed by atoms with Crippen molar-refractivity contribution in [1.29, 1.82) is 0 Å². The molecule has 1 saturated carbocycles. The van der Waals surface area contributed by atoms with E-state index < -0.39 is 0 Å². The van der Waals surface area contributed by atoms with Gasteiger partial charge in [-0.25, -0.2) is 0 Å². The number of para-hydroxylation sites is 1. The zero-order valence-corrected chi connectivity index (χ0v) is 11.2. The van der Waals surface area contributed by atoms with Crippen LogP contribution >= 0.6 is 0 Å². The summed E-state index contributed by atoms with van der Waals surface area (Å²) in [6, 6.07) is 9.58. The number of rotatable bonds is 6. The lowest BCUT2D eigenvalue weighted by molar-refractivity contribution is -0.122. The molecule has 104 valence electrons. The number of carbonyl (C=O) groups excluding carboxylic acids is 1. The van der Waals surface area contributed by atoms with Gasteiger partial charge in [-0.3, -0.25) is 4.79 Å². The molecule has 1 aliphatic carbocycles. The predicted octanol–water partition coefficient (Wildman–Crippen LogP) is 1.84. The Balaban J connectivity index is 1.61. The zero-order chi connectivity index (χ0) is 13.6. The summed E-state index contributed by atoms with van der Waals surface area (Å²) in [4.78, 5) is 11.8. The zero-order valence-electron chi connectivity index (χ0n) is 11.2. The Bertz CT molecular complexity index is 400. The van der Waals surface area contributed by atoms with Crippen molar-refractivity contribution in [3.8, 4) is 5.75 Å². The first-order valence-corrected chi connectivity index (χ1v) is 6.91. The average Bonchev–Trinajstić information content (AvgIpc) is 2.82. The highest BCUT2D eigenvalue weighted by Gasteiger charge is 2.31. The van der Waals surface area contributed by atoms with Gasteiger partial charge in [-0.2, -0.15) is 0 Å². The molecular formula is C15H22N2O2. The molecule has 2 rings (SSSR count). The predicted molar refractivity (Wildman–Crippen MR) is 75.0 cm³/mol. The van der Waals surface area contributed by atoms with Gasteiger partial charge in [0.25, 0.3) is 0 Å². The van der Waals surface area contributed by atoms with E-state index in [1.54, 1.807) is 0 Å². The van der Waals surface area contributed by atoms with Gasteiger partial charge >= 0.3 is 0 Å². The smallest absolute Gasteiger partial charge is 0.221 e. The molecule has 4 nitrogen and oxygen atoms in total. The summed E-state index contributed by atoms with van der Waals surface area (Å²) in [5.41, 5.74) is 5.89. The Hall–Kier alpha value is -1.55. The van der Waals surface area contributed by atoms with Gasteiger partial charge in [0.15, 0.2) is 0 Å². The highest BCUT2D eigenvalue weighted by atomic mass is 16.5. The van der Waals surface area contributed by atoms with Crippen LogP contribution in [0.4, 0.5) is 0 Å². The Labute approximate surface area is 114 Å². The molecule has 0 saturated heterocycles. The standard InChI is InChI=1S/C15H22N2O2/c16-15(8-4-5-9-15)12-14(18)17-10-11-19-13-6-2-1-3-7-13/h1-3,6-7H,4-5,8-12,16H2,(H,17,18). The molecule has 1 aromatic rings. The van der Waals surface area contributed by atoms with Crippen LogP contribution in [-0.2, 0) is 4.79 Å². The number of nitrogens with one attached hydrogen (secondary N) is 1. The molecule has 0 aliphatic heterocycles. The molecule has 1 aromatic carbocycles. The number of hydrogen-bond acceptors (Lipinski definition) is 3. The first-order chi connectivity index (χ1) is 9.18. The molecule has 4 heteroatoms. The molecule has 3 N–H and O–H groups in total. The summed E-state index contributed by atoms with van der Waals surface area (Å²) in [6.07, 6.45) is 4.63. The van der Waals surface area contributed by atoms with Crippen molar-refractivity contribution in [2.24, 2.45) is 5.73 Å². The van der Waals surface area contributed by atoms with E-state index in [-0.39, 0.29) is 11.4 Å². The molecule has 0 heterocycles. The van der Waals surface area contributed by atoms with Crippen molar-refractivity contribution in [2.45, 2.75) is 37.6 Å². The lowest BCUT2D eigenvalue weighted by Crippen LogP contribution is -2.42. The van der Waals surface area contributed by atoms with Crippen molar-refractivity contribution in [1.82, 2.24) is 5.32 Å². The third-order valence-electron chi connectivity index (χ3n) is 3.55. The summed E-state index contributed by atoms with van der Waals surface area (Å²) >= 11 is 0. The lowest BCUT2D eigenvalue weighted by Gasteiger charge is -2.22. The van der Waals surface area contributed by atoms with Crippen LogP contribution in [0.15, 0.2) is 30.3 Å². The van der Waals surface area contributed by atoms with E-state index in [1.807, 2.05) is 30.3 Å². The van der Waals surface area contributed by atoms with Crippen LogP contribution in [0.25, 0.3) is 0 Å². The van der Waals surface area contributed by atoms with Gasteiger partial charge in [0.05, 0.1) is 6.54 Å².